The lowest BCUT2D eigenvalue weighted by molar-refractivity contribution is 0.203. The van der Waals surface area contributed by atoms with Crippen molar-refractivity contribution in [2.45, 2.75) is 18.2 Å². The minimum Gasteiger partial charge on any atom is -0.396 e. The van der Waals surface area contributed by atoms with Crippen molar-refractivity contribution in [1.82, 2.24) is 4.31 Å². The summed E-state index contributed by atoms with van der Waals surface area (Å²) in [6, 6.07) is 6.86. The van der Waals surface area contributed by atoms with Gasteiger partial charge in [-0.3, -0.25) is 0 Å². The number of piperidine rings is 1. The van der Waals surface area contributed by atoms with Crippen molar-refractivity contribution in [3.63, 3.8) is 0 Å². The molecule has 1 aromatic rings. The molecule has 6 heteroatoms. The summed E-state index contributed by atoms with van der Waals surface area (Å²) in [5.41, 5.74) is 2.09. The van der Waals surface area contributed by atoms with Crippen molar-refractivity contribution in [3.05, 3.63) is 40.4 Å². The van der Waals surface area contributed by atoms with Crippen molar-refractivity contribution in [2.24, 2.45) is 5.92 Å². The molecular weight excluding hydrogens is 342 g/mol. The van der Waals surface area contributed by atoms with Crippen LogP contribution in [0.3, 0.4) is 0 Å². The third-order valence-electron chi connectivity index (χ3n) is 3.62. The van der Waals surface area contributed by atoms with E-state index in [-0.39, 0.29) is 12.5 Å². The summed E-state index contributed by atoms with van der Waals surface area (Å²) < 4.78 is 26.6. The second kappa shape index (κ2) is 6.39. The number of hydrogen-bond acceptors (Lipinski definition) is 3. The number of nitrogens with zero attached hydrogens (tertiary/aromatic N) is 1. The van der Waals surface area contributed by atoms with Crippen LogP contribution in [0.4, 0.5) is 0 Å². The summed E-state index contributed by atoms with van der Waals surface area (Å²) in [7, 11) is -3.47. The van der Waals surface area contributed by atoms with Gasteiger partial charge in [-0.2, -0.15) is 4.31 Å². The first kappa shape index (κ1) is 15.7. The minimum absolute atomic E-state index is 0.0443. The van der Waals surface area contributed by atoms with Crippen molar-refractivity contribution in [3.8, 4) is 0 Å². The fourth-order valence-corrected chi connectivity index (χ4v) is 4.40. The number of rotatable bonds is 3. The Morgan fingerprint density at radius 1 is 1.40 bits per heavy atom. The van der Waals surface area contributed by atoms with Crippen LogP contribution >= 0.6 is 15.9 Å². The third-order valence-corrected chi connectivity index (χ3v) is 6.09. The number of benzene rings is 1. The maximum atomic E-state index is 12.6. The van der Waals surface area contributed by atoms with Crippen LogP contribution in [0.1, 0.15) is 12.0 Å². The first-order valence-corrected chi connectivity index (χ1v) is 8.81. The first-order chi connectivity index (χ1) is 9.48. The van der Waals surface area contributed by atoms with Crippen LogP contribution in [0.25, 0.3) is 0 Å². The van der Waals surface area contributed by atoms with E-state index >= 15 is 0 Å². The van der Waals surface area contributed by atoms with Gasteiger partial charge in [0.05, 0.1) is 11.5 Å². The molecule has 1 N–H and O–H groups in total. The van der Waals surface area contributed by atoms with E-state index < -0.39 is 10.0 Å². The quantitative estimate of drug-likeness (QED) is 0.900. The number of aliphatic hydroxyl groups excluding tert-OH is 1. The second-order valence-electron chi connectivity index (χ2n) is 4.99. The lowest BCUT2D eigenvalue weighted by Gasteiger charge is -2.32. The molecule has 0 amide bonds. The Morgan fingerprint density at radius 3 is 2.60 bits per heavy atom. The lowest BCUT2D eigenvalue weighted by Crippen LogP contribution is -2.41. The van der Waals surface area contributed by atoms with Crippen molar-refractivity contribution in [2.75, 3.05) is 19.7 Å². The van der Waals surface area contributed by atoms with Gasteiger partial charge in [0.1, 0.15) is 0 Å². The topological polar surface area (TPSA) is 57.6 Å². The lowest BCUT2D eigenvalue weighted by atomic mass is 9.95. The smallest absolute Gasteiger partial charge is 0.243 e. The zero-order valence-corrected chi connectivity index (χ0v) is 13.7. The molecule has 2 rings (SSSR count). The Bertz CT molecular complexity index is 595. The molecule has 1 aliphatic rings. The Kier molecular flexibility index (Phi) is 5.01. The number of halogens is 1. The van der Waals surface area contributed by atoms with Gasteiger partial charge in [0.2, 0.25) is 10.0 Å². The molecule has 1 heterocycles. The zero-order valence-electron chi connectivity index (χ0n) is 11.3. The Hall–Kier alpha value is -0.690. The van der Waals surface area contributed by atoms with Gasteiger partial charge in [0.25, 0.3) is 0 Å². The molecule has 0 saturated carbocycles. The predicted molar refractivity (Wildman–Crippen MR) is 82.1 cm³/mol. The summed E-state index contributed by atoms with van der Waals surface area (Å²) in [6.45, 7) is 2.65. The third kappa shape index (κ3) is 3.14. The van der Waals surface area contributed by atoms with Gasteiger partial charge in [0, 0.05) is 19.0 Å². The molecular formula is C14H18BrNO3S. The van der Waals surface area contributed by atoms with Crippen molar-refractivity contribution in [1.29, 1.82) is 0 Å². The van der Waals surface area contributed by atoms with Crippen LogP contribution in [0.15, 0.2) is 39.7 Å². The van der Waals surface area contributed by atoms with Gasteiger partial charge in [-0.05, 0) is 30.5 Å². The number of hydrogen-bond donors (Lipinski definition) is 1. The average Bonchev–Trinajstić information content (AvgIpc) is 2.46. The van der Waals surface area contributed by atoms with E-state index in [0.717, 1.165) is 11.1 Å². The van der Waals surface area contributed by atoms with E-state index in [2.05, 4.69) is 15.9 Å². The summed E-state index contributed by atoms with van der Waals surface area (Å²) in [4.78, 5) is 2.11. The molecule has 4 nitrogen and oxygen atoms in total. The minimum atomic E-state index is -3.47. The summed E-state index contributed by atoms with van der Waals surface area (Å²) in [5.74, 6) is -0.136. The van der Waals surface area contributed by atoms with Crippen molar-refractivity contribution >= 4 is 26.0 Å². The van der Waals surface area contributed by atoms with E-state index in [1.54, 1.807) is 29.3 Å². The Morgan fingerprint density at radius 2 is 2.05 bits per heavy atom. The Balaban J connectivity index is 2.25. The van der Waals surface area contributed by atoms with Gasteiger partial charge in [0.15, 0.2) is 0 Å². The van der Waals surface area contributed by atoms with E-state index in [9.17, 15) is 13.5 Å². The van der Waals surface area contributed by atoms with E-state index in [0.29, 0.717) is 24.4 Å². The largest absolute Gasteiger partial charge is 0.396 e. The van der Waals surface area contributed by atoms with Crippen LogP contribution < -0.4 is 0 Å². The maximum Gasteiger partial charge on any atom is 0.243 e. The van der Waals surface area contributed by atoms with Crippen LogP contribution in [-0.2, 0) is 10.0 Å². The summed E-state index contributed by atoms with van der Waals surface area (Å²) in [6.07, 6.45) is 0.640. The Labute approximate surface area is 128 Å². The molecule has 0 aliphatic carbocycles. The molecule has 1 aromatic carbocycles. The number of sulfonamides is 1. The zero-order chi connectivity index (χ0) is 14.8. The van der Waals surface area contributed by atoms with Crippen LogP contribution in [-0.4, -0.2) is 37.5 Å². The fraction of sp³-hybridized carbons (Fsp3) is 0.429. The van der Waals surface area contributed by atoms with Crippen LogP contribution in [0.2, 0.25) is 0 Å². The molecule has 1 atom stereocenters. The molecule has 0 spiro atoms. The van der Waals surface area contributed by atoms with Gasteiger partial charge in [-0.25, -0.2) is 8.42 Å². The highest BCUT2D eigenvalue weighted by Gasteiger charge is 2.32. The predicted octanol–water partition coefficient (Wildman–Crippen LogP) is 2.28. The van der Waals surface area contributed by atoms with Gasteiger partial charge >= 0.3 is 0 Å². The number of aliphatic hydroxyl groups is 1. The van der Waals surface area contributed by atoms with Crippen LogP contribution in [0, 0.1) is 12.8 Å². The standard InChI is InChI=1S/C14H18BrNO3S/c1-11-2-4-14(5-3-11)20(18,19)16-7-6-12(8-15)13(9-16)10-17/h2-5,8,13,17H,6-7,9-10H2,1H3/b12-8+. The van der Waals surface area contributed by atoms with E-state index in [1.165, 1.54) is 4.31 Å². The SMILES string of the molecule is Cc1ccc(S(=O)(=O)N2CC/C(=C\Br)C(CO)C2)cc1. The molecule has 20 heavy (non-hydrogen) atoms. The van der Waals surface area contributed by atoms with Crippen molar-refractivity contribution < 1.29 is 13.5 Å². The van der Waals surface area contributed by atoms with E-state index in [1.807, 2.05) is 6.92 Å². The molecule has 0 bridgehead atoms. The molecule has 1 aliphatic heterocycles. The maximum absolute atomic E-state index is 12.6. The molecule has 1 unspecified atom stereocenters. The molecule has 1 saturated heterocycles. The van der Waals surface area contributed by atoms with E-state index in [4.69, 9.17) is 0 Å². The normalized spacial score (nSPS) is 23.1. The van der Waals surface area contributed by atoms with Crippen LogP contribution in [0.5, 0.6) is 0 Å². The fourth-order valence-electron chi connectivity index (χ4n) is 2.31. The first-order valence-electron chi connectivity index (χ1n) is 6.46. The molecule has 0 radical (unpaired) electrons. The molecule has 110 valence electrons. The summed E-state index contributed by atoms with van der Waals surface area (Å²) >= 11 is 3.27. The van der Waals surface area contributed by atoms with Gasteiger partial charge in [-0.15, -0.1) is 0 Å². The highest BCUT2D eigenvalue weighted by Crippen LogP contribution is 2.28. The molecule has 0 aromatic heterocycles. The second-order valence-corrected chi connectivity index (χ2v) is 7.39. The van der Waals surface area contributed by atoms with Gasteiger partial charge in [-0.1, -0.05) is 39.2 Å². The monoisotopic (exact) mass is 359 g/mol. The highest BCUT2D eigenvalue weighted by molar-refractivity contribution is 9.11. The van der Waals surface area contributed by atoms with Gasteiger partial charge < -0.3 is 5.11 Å². The summed E-state index contributed by atoms with van der Waals surface area (Å²) in [5, 5.41) is 9.40. The average molecular weight is 360 g/mol. The number of aryl methyl sites for hydroxylation is 1. The highest BCUT2D eigenvalue weighted by atomic mass is 79.9. The molecule has 1 fully saturated rings.